The van der Waals surface area contributed by atoms with Crippen LogP contribution in [0.5, 0.6) is 5.75 Å². The van der Waals surface area contributed by atoms with Crippen molar-refractivity contribution in [2.45, 2.75) is 40.3 Å². The molecule has 1 aromatic heterocycles. The van der Waals surface area contributed by atoms with Crippen LogP contribution in [0.15, 0.2) is 24.3 Å². The van der Waals surface area contributed by atoms with Gasteiger partial charge in [-0.2, -0.15) is 0 Å². The van der Waals surface area contributed by atoms with Crippen LogP contribution in [0.3, 0.4) is 0 Å². The molecule has 3 nitrogen and oxygen atoms in total. The van der Waals surface area contributed by atoms with E-state index in [1.54, 1.807) is 11.3 Å². The van der Waals surface area contributed by atoms with Gasteiger partial charge < -0.3 is 10.1 Å². The van der Waals surface area contributed by atoms with Gasteiger partial charge in [0.1, 0.15) is 17.4 Å². The summed E-state index contributed by atoms with van der Waals surface area (Å²) in [6.07, 6.45) is 1.14. The Labute approximate surface area is 125 Å². The van der Waals surface area contributed by atoms with E-state index in [0.717, 1.165) is 36.0 Å². The Kier molecular flexibility index (Phi) is 5.56. The summed E-state index contributed by atoms with van der Waals surface area (Å²) < 4.78 is 5.93. The van der Waals surface area contributed by atoms with Gasteiger partial charge in [0.15, 0.2) is 0 Å². The highest BCUT2D eigenvalue weighted by Crippen LogP contribution is 2.22. The number of nitrogens with one attached hydrogen (secondary N) is 1. The predicted molar refractivity (Wildman–Crippen MR) is 84.4 cm³/mol. The second kappa shape index (κ2) is 7.41. The summed E-state index contributed by atoms with van der Waals surface area (Å²) in [6, 6.07) is 8.19. The first-order valence-corrected chi connectivity index (χ1v) is 7.86. The van der Waals surface area contributed by atoms with Crippen molar-refractivity contribution < 1.29 is 4.74 Å². The molecular weight excluding hydrogens is 268 g/mol. The van der Waals surface area contributed by atoms with E-state index in [9.17, 15) is 0 Å². The topological polar surface area (TPSA) is 34.1 Å². The number of nitrogens with zero attached hydrogens (tertiary/aromatic N) is 1. The van der Waals surface area contributed by atoms with Crippen LogP contribution in [-0.4, -0.2) is 11.5 Å². The zero-order chi connectivity index (χ0) is 14.4. The van der Waals surface area contributed by atoms with E-state index in [0.29, 0.717) is 6.61 Å². The summed E-state index contributed by atoms with van der Waals surface area (Å²) in [7, 11) is 0. The van der Waals surface area contributed by atoms with Gasteiger partial charge in [-0.25, -0.2) is 4.98 Å². The highest BCUT2D eigenvalue weighted by atomic mass is 32.1. The fourth-order valence-corrected chi connectivity index (χ4v) is 2.78. The molecule has 20 heavy (non-hydrogen) atoms. The van der Waals surface area contributed by atoms with Gasteiger partial charge in [-0.05, 0) is 32.9 Å². The molecule has 1 heterocycles. The number of hydrogen-bond acceptors (Lipinski definition) is 4. The lowest BCUT2D eigenvalue weighted by atomic mass is 10.2. The van der Waals surface area contributed by atoms with Crippen LogP contribution in [0.1, 0.15) is 34.5 Å². The van der Waals surface area contributed by atoms with E-state index in [1.165, 1.54) is 10.4 Å². The number of thiazole rings is 1. The fraction of sp³-hybridized carbons (Fsp3) is 0.438. The van der Waals surface area contributed by atoms with Crippen LogP contribution in [0.2, 0.25) is 0 Å². The Balaban J connectivity index is 1.98. The third-order valence-electron chi connectivity index (χ3n) is 3.14. The Morgan fingerprint density at radius 1 is 1.25 bits per heavy atom. The van der Waals surface area contributed by atoms with Crippen LogP contribution in [0, 0.1) is 13.8 Å². The van der Waals surface area contributed by atoms with Crippen molar-refractivity contribution in [2.24, 2.45) is 0 Å². The summed E-state index contributed by atoms with van der Waals surface area (Å²) in [4.78, 5) is 5.77. The zero-order valence-corrected chi connectivity index (χ0v) is 13.2. The van der Waals surface area contributed by atoms with Crippen molar-refractivity contribution in [3.05, 3.63) is 45.4 Å². The molecule has 0 unspecified atom stereocenters. The Bertz CT molecular complexity index is 532. The lowest BCUT2D eigenvalue weighted by molar-refractivity contribution is 0.301. The molecule has 0 radical (unpaired) electrons. The third-order valence-corrected chi connectivity index (χ3v) is 4.19. The maximum atomic E-state index is 5.93. The minimum Gasteiger partial charge on any atom is -0.486 e. The van der Waals surface area contributed by atoms with Gasteiger partial charge in [-0.15, -0.1) is 11.3 Å². The third kappa shape index (κ3) is 4.05. The van der Waals surface area contributed by atoms with Crippen LogP contribution in [-0.2, 0) is 13.2 Å². The van der Waals surface area contributed by atoms with Crippen molar-refractivity contribution in [3.63, 3.8) is 0 Å². The molecule has 0 amide bonds. The maximum absolute atomic E-state index is 5.93. The standard InChI is InChI=1S/C16H22N2OS/c1-4-9-17-10-14-7-5-6-8-15(14)19-11-16-18-12(2)13(3)20-16/h5-8,17H,4,9-11H2,1-3H3. The number of aromatic nitrogens is 1. The normalized spacial score (nSPS) is 10.8. The Morgan fingerprint density at radius 3 is 2.75 bits per heavy atom. The molecule has 4 heteroatoms. The van der Waals surface area contributed by atoms with Crippen molar-refractivity contribution >= 4 is 11.3 Å². The van der Waals surface area contributed by atoms with Gasteiger partial charge in [-0.3, -0.25) is 0 Å². The van der Waals surface area contributed by atoms with Gasteiger partial charge >= 0.3 is 0 Å². The predicted octanol–water partition coefficient (Wildman–Crippen LogP) is 3.84. The molecule has 0 aliphatic heterocycles. The molecule has 0 fully saturated rings. The highest BCUT2D eigenvalue weighted by Gasteiger charge is 2.06. The fourth-order valence-electron chi connectivity index (χ4n) is 1.93. The first-order chi connectivity index (χ1) is 9.70. The van der Waals surface area contributed by atoms with Crippen LogP contribution < -0.4 is 10.1 Å². The first-order valence-electron chi connectivity index (χ1n) is 7.05. The molecular formula is C16H22N2OS. The molecule has 0 atom stereocenters. The monoisotopic (exact) mass is 290 g/mol. The average Bonchev–Trinajstić information content (AvgIpc) is 2.77. The molecule has 0 saturated carbocycles. The van der Waals surface area contributed by atoms with Gasteiger partial charge in [0.05, 0.1) is 5.69 Å². The summed E-state index contributed by atoms with van der Waals surface area (Å²) in [6.45, 7) is 8.73. The minimum absolute atomic E-state index is 0.546. The second-order valence-electron chi connectivity index (χ2n) is 4.82. The molecule has 0 aliphatic carbocycles. The smallest absolute Gasteiger partial charge is 0.140 e. The van der Waals surface area contributed by atoms with E-state index < -0.39 is 0 Å². The summed E-state index contributed by atoms with van der Waals surface area (Å²) in [5, 5.41) is 4.45. The summed E-state index contributed by atoms with van der Waals surface area (Å²) >= 11 is 1.71. The van der Waals surface area contributed by atoms with E-state index in [1.807, 2.05) is 25.1 Å². The lowest BCUT2D eigenvalue weighted by Gasteiger charge is -2.11. The largest absolute Gasteiger partial charge is 0.486 e. The quantitative estimate of drug-likeness (QED) is 0.787. The van der Waals surface area contributed by atoms with E-state index in [2.05, 4.69) is 30.2 Å². The summed E-state index contributed by atoms with van der Waals surface area (Å²) in [5.74, 6) is 0.946. The SMILES string of the molecule is CCCNCc1ccccc1OCc1nc(C)c(C)s1. The Morgan fingerprint density at radius 2 is 2.05 bits per heavy atom. The molecule has 1 N–H and O–H groups in total. The average molecular weight is 290 g/mol. The van der Waals surface area contributed by atoms with Crippen LogP contribution in [0.4, 0.5) is 0 Å². The number of benzene rings is 1. The number of hydrogen-bond donors (Lipinski definition) is 1. The van der Waals surface area contributed by atoms with Crippen molar-refractivity contribution in [2.75, 3.05) is 6.54 Å². The molecule has 0 aliphatic rings. The summed E-state index contributed by atoms with van der Waals surface area (Å²) in [5.41, 5.74) is 2.30. The van der Waals surface area contributed by atoms with E-state index in [-0.39, 0.29) is 0 Å². The van der Waals surface area contributed by atoms with E-state index in [4.69, 9.17) is 4.74 Å². The minimum atomic E-state index is 0.546. The first kappa shape index (κ1) is 15.0. The van der Waals surface area contributed by atoms with Crippen molar-refractivity contribution in [3.8, 4) is 5.75 Å². The molecule has 2 aromatic rings. The maximum Gasteiger partial charge on any atom is 0.140 e. The van der Waals surface area contributed by atoms with Crippen LogP contribution in [0.25, 0.3) is 0 Å². The molecule has 0 spiro atoms. The molecule has 1 aromatic carbocycles. The van der Waals surface area contributed by atoms with Crippen LogP contribution >= 0.6 is 11.3 Å². The van der Waals surface area contributed by atoms with Gasteiger partial charge in [0, 0.05) is 17.0 Å². The van der Waals surface area contributed by atoms with Gasteiger partial charge in [-0.1, -0.05) is 25.1 Å². The second-order valence-corrected chi connectivity index (χ2v) is 6.11. The molecule has 2 rings (SSSR count). The highest BCUT2D eigenvalue weighted by molar-refractivity contribution is 7.11. The number of para-hydroxylation sites is 1. The Hall–Kier alpha value is -1.39. The number of rotatable bonds is 7. The lowest BCUT2D eigenvalue weighted by Crippen LogP contribution is -2.14. The molecule has 0 saturated heterocycles. The van der Waals surface area contributed by atoms with Gasteiger partial charge in [0.25, 0.3) is 0 Å². The number of ether oxygens (including phenoxy) is 1. The van der Waals surface area contributed by atoms with E-state index >= 15 is 0 Å². The zero-order valence-electron chi connectivity index (χ0n) is 12.4. The molecule has 108 valence electrons. The molecule has 0 bridgehead atoms. The number of aryl methyl sites for hydroxylation is 2. The van der Waals surface area contributed by atoms with Gasteiger partial charge in [0.2, 0.25) is 0 Å². The van der Waals surface area contributed by atoms with Crippen molar-refractivity contribution in [1.29, 1.82) is 0 Å². The van der Waals surface area contributed by atoms with Crippen molar-refractivity contribution in [1.82, 2.24) is 10.3 Å².